The summed E-state index contributed by atoms with van der Waals surface area (Å²) >= 11 is 5.78. The van der Waals surface area contributed by atoms with Gasteiger partial charge in [-0.15, -0.1) is 0 Å². The molecule has 3 rings (SSSR count). The van der Waals surface area contributed by atoms with E-state index in [1.165, 1.54) is 12.5 Å². The number of anilines is 2. The molecule has 0 spiro atoms. The fraction of sp³-hybridized carbons (Fsp3) is 0.278. The van der Waals surface area contributed by atoms with Crippen LogP contribution in [0.5, 0.6) is 0 Å². The van der Waals surface area contributed by atoms with E-state index in [9.17, 15) is 14.0 Å². The Hall–Kier alpha value is -2.67. The number of halogens is 2. The van der Waals surface area contributed by atoms with E-state index in [-0.39, 0.29) is 11.9 Å². The van der Waals surface area contributed by atoms with Crippen LogP contribution in [-0.2, 0) is 4.79 Å². The lowest BCUT2D eigenvalue weighted by Crippen LogP contribution is -2.34. The standard InChI is InChI=1S/C10H7ClFN3O.C8H13NO/c11-6-2-1-3-7(4-6)14-10-13-5-8(12)9(16)15-10;1-2-8(10)9-6-4-3-5-7-9/h1-5H,(H2,13,14,15,16);2H,1,3-7H2. The smallest absolute Gasteiger partial charge is 0.288 e. The number of H-pyrrole nitrogens is 1. The summed E-state index contributed by atoms with van der Waals surface area (Å²) in [4.78, 5) is 29.7. The summed E-state index contributed by atoms with van der Waals surface area (Å²) in [6, 6.07) is 6.86. The summed E-state index contributed by atoms with van der Waals surface area (Å²) in [5.41, 5.74) is -0.165. The van der Waals surface area contributed by atoms with Crippen LogP contribution in [0.3, 0.4) is 0 Å². The summed E-state index contributed by atoms with van der Waals surface area (Å²) in [5, 5.41) is 3.35. The summed E-state index contributed by atoms with van der Waals surface area (Å²) in [6.45, 7) is 5.29. The van der Waals surface area contributed by atoms with Crippen LogP contribution in [0.2, 0.25) is 5.02 Å². The highest BCUT2D eigenvalue weighted by atomic mass is 35.5. The van der Waals surface area contributed by atoms with Gasteiger partial charge in [0.1, 0.15) is 0 Å². The molecular formula is C18H20ClFN4O2. The zero-order valence-corrected chi connectivity index (χ0v) is 14.9. The fourth-order valence-corrected chi connectivity index (χ4v) is 2.58. The van der Waals surface area contributed by atoms with E-state index in [1.54, 1.807) is 24.3 Å². The Morgan fingerprint density at radius 2 is 2.08 bits per heavy atom. The number of benzene rings is 1. The number of hydrogen-bond donors (Lipinski definition) is 2. The van der Waals surface area contributed by atoms with Gasteiger partial charge in [-0.1, -0.05) is 24.2 Å². The lowest BCUT2D eigenvalue weighted by Gasteiger charge is -2.25. The van der Waals surface area contributed by atoms with E-state index in [2.05, 4.69) is 21.9 Å². The molecule has 0 bridgehead atoms. The van der Waals surface area contributed by atoms with Gasteiger partial charge in [0.15, 0.2) is 0 Å². The lowest BCUT2D eigenvalue weighted by molar-refractivity contribution is -0.126. The third-order valence-electron chi connectivity index (χ3n) is 3.69. The maximum Gasteiger partial charge on any atom is 0.288 e. The molecule has 1 aromatic carbocycles. The first-order chi connectivity index (χ1) is 12.5. The predicted molar refractivity (Wildman–Crippen MR) is 100 cm³/mol. The number of aromatic nitrogens is 2. The molecule has 1 fully saturated rings. The van der Waals surface area contributed by atoms with Crippen LogP contribution in [0.1, 0.15) is 19.3 Å². The zero-order chi connectivity index (χ0) is 18.9. The second-order valence-corrected chi connectivity index (χ2v) is 6.07. The Morgan fingerprint density at radius 1 is 1.35 bits per heavy atom. The monoisotopic (exact) mass is 378 g/mol. The highest BCUT2D eigenvalue weighted by Crippen LogP contribution is 2.17. The minimum Gasteiger partial charge on any atom is -0.339 e. The first kappa shape index (κ1) is 19.7. The van der Waals surface area contributed by atoms with Gasteiger partial charge < -0.3 is 10.2 Å². The van der Waals surface area contributed by atoms with Crippen molar-refractivity contribution >= 4 is 29.1 Å². The van der Waals surface area contributed by atoms with Gasteiger partial charge in [-0.2, -0.15) is 4.39 Å². The number of aromatic amines is 1. The topological polar surface area (TPSA) is 78.1 Å². The number of carbonyl (C=O) groups is 1. The van der Waals surface area contributed by atoms with Crippen LogP contribution in [0, 0.1) is 5.82 Å². The average Bonchev–Trinajstić information content (AvgIpc) is 2.65. The molecule has 1 aliphatic heterocycles. The Labute approximate surface area is 155 Å². The van der Waals surface area contributed by atoms with Gasteiger partial charge in [-0.3, -0.25) is 14.6 Å². The van der Waals surface area contributed by atoms with Crippen molar-refractivity contribution in [3.8, 4) is 0 Å². The highest BCUT2D eigenvalue weighted by molar-refractivity contribution is 6.30. The summed E-state index contributed by atoms with van der Waals surface area (Å²) in [7, 11) is 0. The summed E-state index contributed by atoms with van der Waals surface area (Å²) in [6.07, 6.45) is 5.82. The van der Waals surface area contributed by atoms with Gasteiger partial charge in [0.2, 0.25) is 17.7 Å². The van der Waals surface area contributed by atoms with Gasteiger partial charge in [0.25, 0.3) is 5.56 Å². The van der Waals surface area contributed by atoms with Crippen molar-refractivity contribution < 1.29 is 9.18 Å². The summed E-state index contributed by atoms with van der Waals surface area (Å²) < 4.78 is 12.6. The van der Waals surface area contributed by atoms with Gasteiger partial charge in [-0.25, -0.2) is 4.98 Å². The van der Waals surface area contributed by atoms with E-state index in [1.807, 2.05) is 4.90 Å². The number of rotatable bonds is 3. The molecule has 0 saturated carbocycles. The zero-order valence-electron chi connectivity index (χ0n) is 14.2. The SMILES string of the molecule is C=CC(=O)N1CCCCC1.O=c1[nH]c(Nc2cccc(Cl)c2)ncc1F. The second-order valence-electron chi connectivity index (χ2n) is 5.63. The molecule has 2 heterocycles. The second kappa shape index (κ2) is 9.72. The molecule has 8 heteroatoms. The van der Waals surface area contributed by atoms with Crippen LogP contribution in [-0.4, -0.2) is 33.9 Å². The molecule has 6 nitrogen and oxygen atoms in total. The molecule has 1 aromatic heterocycles. The first-order valence-electron chi connectivity index (χ1n) is 8.18. The first-order valence-corrected chi connectivity index (χ1v) is 8.56. The molecule has 1 aliphatic rings. The molecule has 2 N–H and O–H groups in total. The minimum atomic E-state index is -0.920. The maximum atomic E-state index is 12.6. The number of amides is 1. The maximum absolute atomic E-state index is 12.6. The predicted octanol–water partition coefficient (Wildman–Crippen LogP) is 3.49. The Balaban J connectivity index is 0.000000209. The summed E-state index contributed by atoms with van der Waals surface area (Å²) in [5.74, 6) is -0.676. The number of piperidine rings is 1. The van der Waals surface area contributed by atoms with Crippen LogP contribution in [0.15, 0.2) is 47.9 Å². The average molecular weight is 379 g/mol. The van der Waals surface area contributed by atoms with E-state index in [4.69, 9.17) is 11.6 Å². The Bertz CT molecular complexity index is 819. The quantitative estimate of drug-likeness (QED) is 0.801. The normalized spacial score (nSPS) is 13.4. The van der Waals surface area contributed by atoms with Crippen molar-refractivity contribution in [3.63, 3.8) is 0 Å². The minimum absolute atomic E-state index is 0.0831. The number of nitrogens with zero attached hydrogens (tertiary/aromatic N) is 2. The highest BCUT2D eigenvalue weighted by Gasteiger charge is 2.12. The van der Waals surface area contributed by atoms with Crippen molar-refractivity contribution in [1.82, 2.24) is 14.9 Å². The number of likely N-dealkylation sites (tertiary alicyclic amines) is 1. The van der Waals surface area contributed by atoms with E-state index in [0.29, 0.717) is 10.7 Å². The molecule has 0 atom stereocenters. The van der Waals surface area contributed by atoms with Gasteiger partial charge >= 0.3 is 0 Å². The molecule has 0 radical (unpaired) electrons. The number of nitrogens with one attached hydrogen (secondary N) is 2. The third-order valence-corrected chi connectivity index (χ3v) is 3.92. The van der Waals surface area contributed by atoms with E-state index < -0.39 is 11.4 Å². The molecule has 1 amide bonds. The Morgan fingerprint density at radius 3 is 2.69 bits per heavy atom. The molecule has 0 aliphatic carbocycles. The molecular weight excluding hydrogens is 359 g/mol. The van der Waals surface area contributed by atoms with Gasteiger partial charge in [0.05, 0.1) is 6.20 Å². The van der Waals surface area contributed by atoms with Crippen molar-refractivity contribution in [2.24, 2.45) is 0 Å². The van der Waals surface area contributed by atoms with Crippen molar-refractivity contribution in [2.75, 3.05) is 18.4 Å². The molecule has 26 heavy (non-hydrogen) atoms. The lowest BCUT2D eigenvalue weighted by atomic mass is 10.1. The van der Waals surface area contributed by atoms with Gasteiger partial charge in [0, 0.05) is 23.8 Å². The molecule has 138 valence electrons. The Kier molecular flexibility index (Phi) is 7.35. The molecule has 1 saturated heterocycles. The van der Waals surface area contributed by atoms with E-state index in [0.717, 1.165) is 32.1 Å². The van der Waals surface area contributed by atoms with E-state index >= 15 is 0 Å². The molecule has 0 unspecified atom stereocenters. The van der Waals surface area contributed by atoms with Crippen molar-refractivity contribution in [3.05, 3.63) is 64.3 Å². The van der Waals surface area contributed by atoms with Crippen LogP contribution >= 0.6 is 11.6 Å². The van der Waals surface area contributed by atoms with Crippen LogP contribution < -0.4 is 10.9 Å². The van der Waals surface area contributed by atoms with Crippen molar-refractivity contribution in [1.29, 1.82) is 0 Å². The van der Waals surface area contributed by atoms with Crippen LogP contribution in [0.25, 0.3) is 0 Å². The van der Waals surface area contributed by atoms with Crippen molar-refractivity contribution in [2.45, 2.75) is 19.3 Å². The number of hydrogen-bond acceptors (Lipinski definition) is 4. The number of carbonyl (C=O) groups excluding carboxylic acids is 1. The van der Waals surface area contributed by atoms with Crippen LogP contribution in [0.4, 0.5) is 16.0 Å². The fourth-order valence-electron chi connectivity index (χ4n) is 2.39. The largest absolute Gasteiger partial charge is 0.339 e. The third kappa shape index (κ3) is 6.00. The van der Waals surface area contributed by atoms with Gasteiger partial charge in [-0.05, 0) is 43.5 Å². The molecule has 2 aromatic rings.